The van der Waals surface area contributed by atoms with Crippen molar-refractivity contribution in [2.75, 3.05) is 31.1 Å². The number of nitrogens with zero attached hydrogens (tertiary/aromatic N) is 2. The molecule has 3 rings (SSSR count). The molecule has 1 aliphatic heterocycles. The van der Waals surface area contributed by atoms with Crippen LogP contribution in [0.3, 0.4) is 0 Å². The molecule has 1 saturated heterocycles. The summed E-state index contributed by atoms with van der Waals surface area (Å²) in [7, 11) is 0. The number of carbonyl (C=O) groups excluding carboxylic acids is 2. The van der Waals surface area contributed by atoms with Gasteiger partial charge in [0, 0.05) is 18.7 Å². The SMILES string of the molecule is CC[N+](CC)(CC(=O)OCc1ccccc1)C1CCCN(c2c(C)cc(F)cc2C)C1=O. The molecule has 0 aromatic heterocycles. The number of quaternary nitrogens is 1. The van der Waals surface area contributed by atoms with Gasteiger partial charge in [-0.25, -0.2) is 9.18 Å². The topological polar surface area (TPSA) is 46.6 Å². The molecule has 172 valence electrons. The maximum absolute atomic E-state index is 13.8. The maximum Gasteiger partial charge on any atom is 0.362 e. The first-order chi connectivity index (χ1) is 15.3. The molecular weight excluding hydrogens is 407 g/mol. The van der Waals surface area contributed by atoms with E-state index in [0.717, 1.165) is 35.2 Å². The molecule has 1 heterocycles. The Morgan fingerprint density at radius 2 is 1.75 bits per heavy atom. The first kappa shape index (κ1) is 23.9. The highest BCUT2D eigenvalue weighted by molar-refractivity contribution is 5.98. The molecule has 2 aromatic carbocycles. The third-order valence-corrected chi connectivity index (χ3v) is 6.74. The number of rotatable bonds is 8. The van der Waals surface area contributed by atoms with E-state index in [4.69, 9.17) is 4.74 Å². The van der Waals surface area contributed by atoms with Crippen molar-refractivity contribution in [3.05, 3.63) is 65.0 Å². The molecule has 1 aliphatic rings. The summed E-state index contributed by atoms with van der Waals surface area (Å²) in [6, 6.07) is 12.2. The molecule has 1 atom stereocenters. The van der Waals surface area contributed by atoms with Crippen molar-refractivity contribution in [3.63, 3.8) is 0 Å². The summed E-state index contributed by atoms with van der Waals surface area (Å²) in [5.74, 6) is -0.580. The third kappa shape index (κ3) is 5.01. The van der Waals surface area contributed by atoms with Gasteiger partial charge in [0.05, 0.1) is 13.1 Å². The number of esters is 1. The second-order valence-electron chi connectivity index (χ2n) is 8.69. The Hall–Kier alpha value is -2.73. The van der Waals surface area contributed by atoms with Crippen LogP contribution in [0.25, 0.3) is 0 Å². The van der Waals surface area contributed by atoms with Crippen LogP contribution < -0.4 is 4.90 Å². The van der Waals surface area contributed by atoms with Crippen molar-refractivity contribution in [1.29, 1.82) is 0 Å². The normalized spacial score (nSPS) is 16.8. The molecule has 32 heavy (non-hydrogen) atoms. The van der Waals surface area contributed by atoms with Crippen molar-refractivity contribution in [1.82, 2.24) is 0 Å². The van der Waals surface area contributed by atoms with Gasteiger partial charge < -0.3 is 14.1 Å². The molecule has 0 spiro atoms. The maximum atomic E-state index is 13.8. The number of amides is 1. The van der Waals surface area contributed by atoms with E-state index in [9.17, 15) is 14.0 Å². The van der Waals surface area contributed by atoms with Gasteiger partial charge in [0.15, 0.2) is 12.6 Å². The minimum absolute atomic E-state index is 0.00798. The number of halogens is 1. The average Bonchev–Trinajstić information content (AvgIpc) is 2.77. The van der Waals surface area contributed by atoms with Crippen molar-refractivity contribution in [3.8, 4) is 0 Å². The average molecular weight is 442 g/mol. The zero-order valence-electron chi connectivity index (χ0n) is 19.6. The molecular formula is C26H34FN2O3+. The number of piperidine rings is 1. The van der Waals surface area contributed by atoms with E-state index in [1.54, 1.807) is 4.90 Å². The van der Waals surface area contributed by atoms with Crippen molar-refractivity contribution in [2.45, 2.75) is 53.2 Å². The Bertz CT molecular complexity index is 934. The van der Waals surface area contributed by atoms with Gasteiger partial charge in [-0.1, -0.05) is 30.3 Å². The molecule has 0 N–H and O–H groups in total. The van der Waals surface area contributed by atoms with Crippen LogP contribution in [0.15, 0.2) is 42.5 Å². The second kappa shape index (κ2) is 10.3. The molecule has 0 aliphatic carbocycles. The van der Waals surface area contributed by atoms with Gasteiger partial charge >= 0.3 is 5.97 Å². The fraction of sp³-hybridized carbons (Fsp3) is 0.462. The molecule has 0 saturated carbocycles. The van der Waals surface area contributed by atoms with Crippen LogP contribution >= 0.6 is 0 Å². The van der Waals surface area contributed by atoms with Crippen LogP contribution in [0.5, 0.6) is 0 Å². The van der Waals surface area contributed by atoms with E-state index in [2.05, 4.69) is 0 Å². The number of anilines is 1. The number of benzene rings is 2. The number of aryl methyl sites for hydroxylation is 2. The Kier molecular flexibility index (Phi) is 7.67. The smallest absolute Gasteiger partial charge is 0.362 e. The lowest BCUT2D eigenvalue weighted by Crippen LogP contribution is -2.65. The zero-order valence-corrected chi connectivity index (χ0v) is 19.6. The second-order valence-corrected chi connectivity index (χ2v) is 8.69. The van der Waals surface area contributed by atoms with Crippen LogP contribution in [0.1, 0.15) is 43.4 Å². The number of ether oxygens (including phenoxy) is 1. The lowest BCUT2D eigenvalue weighted by molar-refractivity contribution is -0.933. The van der Waals surface area contributed by atoms with Gasteiger partial charge in [-0.2, -0.15) is 0 Å². The fourth-order valence-corrected chi connectivity index (χ4v) is 4.95. The van der Waals surface area contributed by atoms with E-state index >= 15 is 0 Å². The molecule has 1 fully saturated rings. The summed E-state index contributed by atoms with van der Waals surface area (Å²) in [6.07, 6.45) is 1.56. The fourth-order valence-electron chi connectivity index (χ4n) is 4.95. The highest BCUT2D eigenvalue weighted by atomic mass is 19.1. The molecule has 1 unspecified atom stereocenters. The number of carbonyl (C=O) groups is 2. The van der Waals surface area contributed by atoms with Gasteiger partial charge in [0.2, 0.25) is 0 Å². The quantitative estimate of drug-likeness (QED) is 0.446. The minimum Gasteiger partial charge on any atom is -0.457 e. The third-order valence-electron chi connectivity index (χ3n) is 6.74. The predicted octanol–water partition coefficient (Wildman–Crippen LogP) is 4.54. The lowest BCUT2D eigenvalue weighted by atomic mass is 9.97. The number of hydrogen-bond acceptors (Lipinski definition) is 3. The summed E-state index contributed by atoms with van der Waals surface area (Å²) in [6.45, 7) is 10.0. The molecule has 0 radical (unpaired) electrons. The van der Waals surface area contributed by atoms with Crippen molar-refractivity contribution >= 4 is 17.6 Å². The Morgan fingerprint density at radius 1 is 1.12 bits per heavy atom. The zero-order chi connectivity index (χ0) is 23.3. The summed E-state index contributed by atoms with van der Waals surface area (Å²) >= 11 is 0. The van der Waals surface area contributed by atoms with Crippen LogP contribution in [0, 0.1) is 19.7 Å². The highest BCUT2D eigenvalue weighted by Gasteiger charge is 2.46. The molecule has 6 heteroatoms. The number of likely N-dealkylation sites (N-methyl/N-ethyl adjacent to an activating group) is 1. The van der Waals surface area contributed by atoms with E-state index in [1.807, 2.05) is 58.0 Å². The van der Waals surface area contributed by atoms with Crippen molar-refractivity contribution < 1.29 is 23.2 Å². The largest absolute Gasteiger partial charge is 0.457 e. The predicted molar refractivity (Wildman–Crippen MR) is 124 cm³/mol. The highest BCUT2D eigenvalue weighted by Crippen LogP contribution is 2.32. The number of hydrogen-bond donors (Lipinski definition) is 0. The van der Waals surface area contributed by atoms with Crippen LogP contribution in [0.2, 0.25) is 0 Å². The standard InChI is InChI=1S/C26H34FN2O3/c1-5-29(6-2,17-24(30)32-18-21-11-8-7-9-12-21)23-13-10-14-28(26(23)31)25-19(3)15-22(27)16-20(25)4/h7-9,11-12,15-16,23H,5-6,10,13-14,17-18H2,1-4H3/q+1. The van der Waals surface area contributed by atoms with Gasteiger partial charge in [-0.15, -0.1) is 0 Å². The first-order valence-electron chi connectivity index (χ1n) is 11.4. The van der Waals surface area contributed by atoms with Gasteiger partial charge in [-0.3, -0.25) is 4.79 Å². The van der Waals surface area contributed by atoms with E-state index in [-0.39, 0.29) is 36.9 Å². The molecule has 1 amide bonds. The van der Waals surface area contributed by atoms with Crippen LogP contribution in [-0.2, 0) is 20.9 Å². The summed E-state index contributed by atoms with van der Waals surface area (Å²) < 4.78 is 19.7. The Labute approximate surface area is 190 Å². The molecule has 5 nitrogen and oxygen atoms in total. The minimum atomic E-state index is -0.327. The molecule has 2 aromatic rings. The van der Waals surface area contributed by atoms with Crippen LogP contribution in [-0.4, -0.2) is 48.6 Å². The Morgan fingerprint density at radius 3 is 2.34 bits per heavy atom. The molecule has 0 bridgehead atoms. The van der Waals surface area contributed by atoms with E-state index in [1.165, 1.54) is 12.1 Å². The monoisotopic (exact) mass is 441 g/mol. The lowest BCUT2D eigenvalue weighted by Gasteiger charge is -2.46. The summed E-state index contributed by atoms with van der Waals surface area (Å²) in [5.41, 5.74) is 3.24. The first-order valence-corrected chi connectivity index (χ1v) is 11.4. The van der Waals surface area contributed by atoms with E-state index < -0.39 is 0 Å². The van der Waals surface area contributed by atoms with Crippen LogP contribution in [0.4, 0.5) is 10.1 Å². The summed E-state index contributed by atoms with van der Waals surface area (Å²) in [4.78, 5) is 28.3. The van der Waals surface area contributed by atoms with E-state index in [0.29, 0.717) is 24.1 Å². The van der Waals surface area contributed by atoms with Gasteiger partial charge in [0.1, 0.15) is 12.4 Å². The van der Waals surface area contributed by atoms with Gasteiger partial charge in [-0.05, 0) is 62.9 Å². The summed E-state index contributed by atoms with van der Waals surface area (Å²) in [5, 5.41) is 0. The van der Waals surface area contributed by atoms with Gasteiger partial charge in [0.25, 0.3) is 5.91 Å². The van der Waals surface area contributed by atoms with Crippen molar-refractivity contribution in [2.24, 2.45) is 0 Å². The Balaban J connectivity index is 1.80.